The van der Waals surface area contributed by atoms with Crippen LogP contribution in [0.15, 0.2) is 33.7 Å². The smallest absolute Gasteiger partial charge is 0.178 e. The number of aryl methyl sites for hydroxylation is 1. The molecule has 1 aromatic heterocycles. The molecule has 5 nitrogen and oxygen atoms in total. The average molecular weight is 312 g/mol. The molecule has 0 aliphatic rings. The van der Waals surface area contributed by atoms with E-state index in [-0.39, 0.29) is 10.9 Å². The maximum atomic E-state index is 13.8. The third-order valence-corrected chi connectivity index (χ3v) is 4.25. The molecule has 0 saturated carbocycles. The summed E-state index contributed by atoms with van der Waals surface area (Å²) in [5.41, 5.74) is 1.42. The van der Waals surface area contributed by atoms with Crippen molar-refractivity contribution in [3.05, 3.63) is 47.1 Å². The minimum atomic E-state index is -3.55. The zero-order chi connectivity index (χ0) is 15.6. The Labute approximate surface area is 123 Å². The lowest BCUT2D eigenvalue weighted by Gasteiger charge is -2.14. The van der Waals surface area contributed by atoms with E-state index in [0.717, 1.165) is 17.7 Å². The Bertz CT molecular complexity index is 740. The summed E-state index contributed by atoms with van der Waals surface area (Å²) < 4.78 is 41.5. The second-order valence-corrected chi connectivity index (χ2v) is 6.98. The zero-order valence-electron chi connectivity index (χ0n) is 12.1. The van der Waals surface area contributed by atoms with Crippen LogP contribution < -0.4 is 5.32 Å². The van der Waals surface area contributed by atoms with Gasteiger partial charge in [-0.15, -0.1) is 0 Å². The molecule has 0 radical (unpaired) electrons. The van der Waals surface area contributed by atoms with Crippen molar-refractivity contribution in [3.63, 3.8) is 0 Å². The van der Waals surface area contributed by atoms with Gasteiger partial charge in [0.25, 0.3) is 0 Å². The van der Waals surface area contributed by atoms with Crippen molar-refractivity contribution in [1.29, 1.82) is 0 Å². The minimum Gasteiger partial charge on any atom is -0.361 e. The molecule has 2 aromatic rings. The number of benzene rings is 1. The summed E-state index contributed by atoms with van der Waals surface area (Å²) in [6.07, 6.45) is 0.986. The van der Waals surface area contributed by atoms with Gasteiger partial charge in [-0.2, -0.15) is 0 Å². The van der Waals surface area contributed by atoms with Crippen molar-refractivity contribution in [2.24, 2.45) is 0 Å². The van der Waals surface area contributed by atoms with Gasteiger partial charge in [-0.1, -0.05) is 11.2 Å². The molecule has 0 bridgehead atoms. The van der Waals surface area contributed by atoms with Gasteiger partial charge in [-0.25, -0.2) is 12.8 Å². The maximum absolute atomic E-state index is 13.8. The van der Waals surface area contributed by atoms with Gasteiger partial charge in [0.05, 0.1) is 5.69 Å². The zero-order valence-corrected chi connectivity index (χ0v) is 12.9. The molecule has 1 unspecified atom stereocenters. The summed E-state index contributed by atoms with van der Waals surface area (Å²) in [6, 6.07) is 5.80. The maximum Gasteiger partial charge on any atom is 0.178 e. The Morgan fingerprint density at radius 2 is 2.10 bits per heavy atom. The molecule has 1 heterocycles. The number of hydrogen-bond acceptors (Lipinski definition) is 5. The first-order valence-electron chi connectivity index (χ1n) is 6.42. The van der Waals surface area contributed by atoms with Gasteiger partial charge in [0.2, 0.25) is 0 Å². The van der Waals surface area contributed by atoms with Gasteiger partial charge in [-0.05, 0) is 31.5 Å². The Morgan fingerprint density at radius 1 is 1.38 bits per heavy atom. The fourth-order valence-electron chi connectivity index (χ4n) is 1.96. The fraction of sp³-hybridized carbons (Fsp3) is 0.357. The van der Waals surface area contributed by atoms with Gasteiger partial charge in [0.1, 0.15) is 16.5 Å². The summed E-state index contributed by atoms with van der Waals surface area (Å²) in [4.78, 5) is -0.287. The van der Waals surface area contributed by atoms with Crippen molar-refractivity contribution >= 4 is 9.84 Å². The first-order chi connectivity index (χ1) is 9.77. The van der Waals surface area contributed by atoms with Crippen LogP contribution >= 0.6 is 0 Å². The Hall–Kier alpha value is -1.73. The number of nitrogens with one attached hydrogen (secondary N) is 1. The Kier molecular flexibility index (Phi) is 4.43. The molecule has 0 fully saturated rings. The van der Waals surface area contributed by atoms with E-state index in [9.17, 15) is 12.8 Å². The highest BCUT2D eigenvalue weighted by molar-refractivity contribution is 7.90. The van der Waals surface area contributed by atoms with Crippen molar-refractivity contribution in [1.82, 2.24) is 10.5 Å². The molecule has 2 rings (SSSR count). The molecule has 114 valence electrons. The van der Waals surface area contributed by atoms with Crippen LogP contribution in [0.4, 0.5) is 4.39 Å². The van der Waals surface area contributed by atoms with Crippen molar-refractivity contribution < 1.29 is 17.3 Å². The largest absolute Gasteiger partial charge is 0.361 e. The minimum absolute atomic E-state index is 0.148. The van der Waals surface area contributed by atoms with Gasteiger partial charge in [0.15, 0.2) is 9.84 Å². The van der Waals surface area contributed by atoms with E-state index in [1.54, 1.807) is 13.0 Å². The highest BCUT2D eigenvalue weighted by atomic mass is 32.2. The van der Waals surface area contributed by atoms with Gasteiger partial charge in [0, 0.05) is 24.9 Å². The highest BCUT2D eigenvalue weighted by Gasteiger charge is 2.16. The lowest BCUT2D eigenvalue weighted by atomic mass is 10.1. The first kappa shape index (κ1) is 15.7. The molecular weight excluding hydrogens is 295 g/mol. The number of nitrogens with zero attached hydrogens (tertiary/aromatic N) is 1. The van der Waals surface area contributed by atoms with E-state index in [2.05, 4.69) is 10.5 Å². The predicted molar refractivity (Wildman–Crippen MR) is 76.0 cm³/mol. The van der Waals surface area contributed by atoms with E-state index < -0.39 is 15.7 Å². The lowest BCUT2D eigenvalue weighted by molar-refractivity contribution is 0.386. The van der Waals surface area contributed by atoms with Crippen molar-refractivity contribution in [2.45, 2.75) is 31.3 Å². The van der Waals surface area contributed by atoms with Gasteiger partial charge in [-0.3, -0.25) is 0 Å². The summed E-state index contributed by atoms with van der Waals surface area (Å²) >= 11 is 0. The van der Waals surface area contributed by atoms with E-state index in [1.165, 1.54) is 12.1 Å². The van der Waals surface area contributed by atoms with E-state index in [4.69, 9.17) is 4.52 Å². The molecular formula is C14H17FN2O3S. The van der Waals surface area contributed by atoms with E-state index in [1.807, 2.05) is 13.0 Å². The van der Waals surface area contributed by atoms with Crippen molar-refractivity contribution in [2.75, 3.05) is 6.26 Å². The Morgan fingerprint density at radius 3 is 2.62 bits per heavy atom. The first-order valence-corrected chi connectivity index (χ1v) is 8.31. The number of sulfone groups is 1. The number of rotatable bonds is 5. The summed E-state index contributed by atoms with van der Waals surface area (Å²) in [5.74, 6) is -0.0102. The van der Waals surface area contributed by atoms with E-state index in [0.29, 0.717) is 12.1 Å². The highest BCUT2D eigenvalue weighted by Crippen LogP contribution is 2.20. The fourth-order valence-corrected chi connectivity index (χ4v) is 2.69. The molecule has 21 heavy (non-hydrogen) atoms. The monoisotopic (exact) mass is 312 g/mol. The van der Waals surface area contributed by atoms with Crippen LogP contribution in [0.2, 0.25) is 0 Å². The molecule has 1 atom stereocenters. The third-order valence-electron chi connectivity index (χ3n) is 3.12. The molecule has 7 heteroatoms. The van der Waals surface area contributed by atoms with Crippen LogP contribution in [0.25, 0.3) is 0 Å². The SMILES string of the molecule is Cc1cc(CNC(C)c2ccc(S(C)(=O)=O)c(F)c2)no1. The van der Waals surface area contributed by atoms with Crippen LogP contribution in [-0.2, 0) is 16.4 Å². The number of hydrogen-bond donors (Lipinski definition) is 1. The van der Waals surface area contributed by atoms with Gasteiger partial charge < -0.3 is 9.84 Å². The molecule has 1 N–H and O–H groups in total. The Balaban J connectivity index is 2.09. The summed E-state index contributed by atoms with van der Waals surface area (Å²) in [7, 11) is -3.55. The number of aromatic nitrogens is 1. The van der Waals surface area contributed by atoms with E-state index >= 15 is 0 Å². The number of halogens is 1. The summed E-state index contributed by atoms with van der Waals surface area (Å²) in [6.45, 7) is 4.15. The topological polar surface area (TPSA) is 72.2 Å². The molecule has 0 aliphatic carbocycles. The van der Waals surface area contributed by atoms with Crippen LogP contribution in [0.1, 0.15) is 30.0 Å². The second-order valence-electron chi connectivity index (χ2n) is 4.99. The van der Waals surface area contributed by atoms with Crippen LogP contribution in [0, 0.1) is 12.7 Å². The van der Waals surface area contributed by atoms with Gasteiger partial charge >= 0.3 is 0 Å². The van der Waals surface area contributed by atoms with Crippen LogP contribution in [0.3, 0.4) is 0 Å². The average Bonchev–Trinajstić information content (AvgIpc) is 2.80. The molecule has 0 saturated heterocycles. The quantitative estimate of drug-likeness (QED) is 0.917. The standard InChI is InChI=1S/C14H17FN2O3S/c1-9-6-12(17-20-9)8-16-10(2)11-4-5-14(13(15)7-11)21(3,18)19/h4-7,10,16H,8H2,1-3H3. The predicted octanol–water partition coefficient (Wildman–Crippen LogP) is 2.38. The van der Waals surface area contributed by atoms with Crippen molar-refractivity contribution in [3.8, 4) is 0 Å². The summed E-state index contributed by atoms with van der Waals surface area (Å²) in [5, 5.41) is 7.03. The second kappa shape index (κ2) is 5.95. The molecule has 0 spiro atoms. The molecule has 0 aliphatic heterocycles. The van der Waals surface area contributed by atoms with Crippen LogP contribution in [-0.4, -0.2) is 19.8 Å². The lowest BCUT2D eigenvalue weighted by Crippen LogP contribution is -2.18. The molecule has 0 amide bonds. The normalized spacial score (nSPS) is 13.3. The van der Waals surface area contributed by atoms with Crippen LogP contribution in [0.5, 0.6) is 0 Å². The third kappa shape index (κ3) is 3.89. The molecule has 1 aromatic carbocycles.